The minimum atomic E-state index is -0.714. The number of rotatable bonds is 2. The zero-order chi connectivity index (χ0) is 19.3. The molecule has 2 aliphatic rings. The van der Waals surface area contributed by atoms with Crippen LogP contribution in [0.4, 0.5) is 0 Å². The smallest absolute Gasteiger partial charge is 0.338 e. The normalized spacial score (nSPS) is 24.0. The zero-order valence-electron chi connectivity index (χ0n) is 16.4. The topological polar surface area (TPSA) is 48.0 Å². The van der Waals surface area contributed by atoms with Gasteiger partial charge in [-0.15, -0.1) is 0 Å². The van der Waals surface area contributed by atoms with Crippen LogP contribution in [0.1, 0.15) is 56.5 Å². The molecule has 0 saturated carbocycles. The molecule has 144 valence electrons. The van der Waals surface area contributed by atoms with Crippen LogP contribution in [0.15, 0.2) is 10.5 Å². The lowest BCUT2D eigenvalue weighted by Gasteiger charge is -2.44. The molecule has 6 heteroatoms. The zero-order valence-corrected chi connectivity index (χ0v) is 18.0. The Morgan fingerprint density at radius 2 is 1.85 bits per heavy atom. The number of halogens is 1. The van der Waals surface area contributed by atoms with Crippen LogP contribution in [0.25, 0.3) is 0 Å². The molecular formula is C20H28BrNO4. The molecule has 2 heterocycles. The van der Waals surface area contributed by atoms with Crippen LogP contribution in [0.5, 0.6) is 11.5 Å². The van der Waals surface area contributed by atoms with Gasteiger partial charge in [-0.1, -0.05) is 0 Å². The second-order valence-corrected chi connectivity index (χ2v) is 9.19. The van der Waals surface area contributed by atoms with Crippen molar-refractivity contribution in [3.8, 4) is 11.5 Å². The number of hydrogen-bond acceptors (Lipinski definition) is 5. The van der Waals surface area contributed by atoms with Gasteiger partial charge in [0, 0.05) is 23.9 Å². The van der Waals surface area contributed by atoms with E-state index in [2.05, 4.69) is 41.6 Å². The Balaban J connectivity index is 1.83. The third-order valence-electron chi connectivity index (χ3n) is 5.64. The summed E-state index contributed by atoms with van der Waals surface area (Å²) in [7, 11) is 1.38. The number of carbonyl (C=O) groups excluding carboxylic acids is 1. The van der Waals surface area contributed by atoms with Gasteiger partial charge in [-0.05, 0) is 75.6 Å². The van der Waals surface area contributed by atoms with E-state index in [1.807, 2.05) is 13.8 Å². The molecule has 0 radical (unpaired) electrons. The highest BCUT2D eigenvalue weighted by atomic mass is 79.9. The maximum absolute atomic E-state index is 12.0. The van der Waals surface area contributed by atoms with Crippen molar-refractivity contribution in [3.05, 3.63) is 21.7 Å². The first kappa shape index (κ1) is 19.5. The van der Waals surface area contributed by atoms with Crippen molar-refractivity contribution < 1.29 is 19.0 Å². The highest BCUT2D eigenvalue weighted by Gasteiger charge is 2.47. The van der Waals surface area contributed by atoms with Gasteiger partial charge in [0.25, 0.3) is 5.79 Å². The summed E-state index contributed by atoms with van der Waals surface area (Å²) in [6.45, 7) is 12.7. The summed E-state index contributed by atoms with van der Waals surface area (Å²) in [6, 6.07) is 1.75. The van der Waals surface area contributed by atoms with Gasteiger partial charge in [-0.25, -0.2) is 4.79 Å². The number of esters is 1. The van der Waals surface area contributed by atoms with Gasteiger partial charge >= 0.3 is 5.97 Å². The standard InChI is InChI=1S/C20H28BrNO4/c1-12-14(18(23)24-6)11-15(21)17-16(12)25-20(5,26-17)13-7-9-22(10-8-13)19(2,3)4/h11,13H,7-10H2,1-6H3/t20-/m0/s1. The van der Waals surface area contributed by atoms with Gasteiger partial charge in [0.05, 0.1) is 17.1 Å². The Bertz CT molecular complexity index is 720. The number of fused-ring (bicyclic) bond motifs is 1. The monoisotopic (exact) mass is 425 g/mol. The van der Waals surface area contributed by atoms with Gasteiger partial charge in [0.2, 0.25) is 0 Å². The number of likely N-dealkylation sites (tertiary alicyclic amines) is 1. The van der Waals surface area contributed by atoms with Crippen LogP contribution in [0, 0.1) is 12.8 Å². The van der Waals surface area contributed by atoms with Crippen molar-refractivity contribution in [2.24, 2.45) is 5.92 Å². The largest absolute Gasteiger partial charge is 0.465 e. The lowest BCUT2D eigenvalue weighted by atomic mass is 9.87. The van der Waals surface area contributed by atoms with E-state index in [1.165, 1.54) is 7.11 Å². The molecule has 3 rings (SSSR count). The first-order chi connectivity index (χ1) is 12.1. The van der Waals surface area contributed by atoms with Crippen LogP contribution in [0.2, 0.25) is 0 Å². The van der Waals surface area contributed by atoms with E-state index < -0.39 is 5.79 Å². The summed E-state index contributed by atoms with van der Waals surface area (Å²) in [5.41, 5.74) is 1.43. The van der Waals surface area contributed by atoms with Gasteiger partial charge in [0.15, 0.2) is 11.5 Å². The van der Waals surface area contributed by atoms with E-state index in [4.69, 9.17) is 14.2 Å². The Labute approximate surface area is 164 Å². The minimum absolute atomic E-state index is 0.182. The molecular weight excluding hydrogens is 398 g/mol. The number of nitrogens with zero attached hydrogens (tertiary/aromatic N) is 1. The molecule has 0 N–H and O–H groups in total. The first-order valence-corrected chi connectivity index (χ1v) is 9.90. The SMILES string of the molecule is COC(=O)c1cc(Br)c2c(c1C)O[C@](C)(C1CCN(C(C)(C)C)CC1)O2. The highest BCUT2D eigenvalue weighted by Crippen LogP contribution is 2.51. The number of ether oxygens (including phenoxy) is 3. The first-order valence-electron chi connectivity index (χ1n) is 9.11. The second kappa shape index (κ2) is 6.71. The molecule has 0 aliphatic carbocycles. The molecule has 1 aromatic rings. The summed E-state index contributed by atoms with van der Waals surface area (Å²) >= 11 is 3.52. The quantitative estimate of drug-likeness (QED) is 0.650. The summed E-state index contributed by atoms with van der Waals surface area (Å²) in [6.07, 6.45) is 2.03. The molecule has 26 heavy (non-hydrogen) atoms. The summed E-state index contributed by atoms with van der Waals surface area (Å²) in [4.78, 5) is 14.5. The molecule has 1 saturated heterocycles. The number of piperidine rings is 1. The molecule has 2 aliphatic heterocycles. The van der Waals surface area contributed by atoms with Crippen molar-refractivity contribution in [2.45, 2.75) is 58.8 Å². The van der Waals surface area contributed by atoms with Crippen molar-refractivity contribution in [2.75, 3.05) is 20.2 Å². The van der Waals surface area contributed by atoms with Gasteiger partial charge in [0.1, 0.15) is 0 Å². The van der Waals surface area contributed by atoms with Crippen LogP contribution in [-0.2, 0) is 4.74 Å². The maximum atomic E-state index is 12.0. The summed E-state index contributed by atoms with van der Waals surface area (Å²) < 4.78 is 18.2. The molecule has 5 nitrogen and oxygen atoms in total. The summed E-state index contributed by atoms with van der Waals surface area (Å²) in [5.74, 6) is 0.522. The van der Waals surface area contributed by atoms with E-state index in [-0.39, 0.29) is 11.5 Å². The lowest BCUT2D eigenvalue weighted by molar-refractivity contribution is -0.129. The van der Waals surface area contributed by atoms with Crippen LogP contribution in [-0.4, -0.2) is 42.4 Å². The fraction of sp³-hybridized carbons (Fsp3) is 0.650. The molecule has 0 bridgehead atoms. The third kappa shape index (κ3) is 3.33. The molecule has 1 fully saturated rings. The predicted molar refractivity (Wildman–Crippen MR) is 104 cm³/mol. The average Bonchev–Trinajstić information content (AvgIpc) is 2.97. The van der Waals surface area contributed by atoms with Crippen LogP contribution < -0.4 is 9.47 Å². The number of methoxy groups -OCH3 is 1. The summed E-state index contributed by atoms with van der Waals surface area (Å²) in [5, 5.41) is 0. The molecule has 1 atom stereocenters. The van der Waals surface area contributed by atoms with E-state index in [0.717, 1.165) is 31.5 Å². The minimum Gasteiger partial charge on any atom is -0.465 e. The Kier molecular flexibility index (Phi) is 5.03. The average molecular weight is 426 g/mol. The van der Waals surface area contributed by atoms with Crippen molar-refractivity contribution in [1.29, 1.82) is 0 Å². The van der Waals surface area contributed by atoms with E-state index in [1.54, 1.807) is 6.07 Å². The Hall–Kier alpha value is -1.27. The van der Waals surface area contributed by atoms with Crippen molar-refractivity contribution >= 4 is 21.9 Å². The molecule has 0 spiro atoms. The number of carbonyl (C=O) groups is 1. The van der Waals surface area contributed by atoms with E-state index >= 15 is 0 Å². The Morgan fingerprint density at radius 1 is 1.27 bits per heavy atom. The van der Waals surface area contributed by atoms with E-state index in [9.17, 15) is 4.79 Å². The Morgan fingerprint density at radius 3 is 2.38 bits per heavy atom. The molecule has 0 amide bonds. The third-order valence-corrected chi connectivity index (χ3v) is 6.23. The number of benzene rings is 1. The fourth-order valence-corrected chi connectivity index (χ4v) is 4.40. The highest BCUT2D eigenvalue weighted by molar-refractivity contribution is 9.10. The van der Waals surface area contributed by atoms with Gasteiger partial charge < -0.3 is 14.2 Å². The molecule has 1 aromatic carbocycles. The van der Waals surface area contributed by atoms with Crippen molar-refractivity contribution in [3.63, 3.8) is 0 Å². The van der Waals surface area contributed by atoms with E-state index in [0.29, 0.717) is 27.5 Å². The molecule has 0 aromatic heterocycles. The van der Waals surface area contributed by atoms with Gasteiger partial charge in [-0.2, -0.15) is 0 Å². The van der Waals surface area contributed by atoms with Crippen LogP contribution >= 0.6 is 15.9 Å². The predicted octanol–water partition coefficient (Wildman–Crippen LogP) is 4.54. The fourth-order valence-electron chi connectivity index (χ4n) is 3.91. The maximum Gasteiger partial charge on any atom is 0.338 e. The molecule has 0 unspecified atom stereocenters. The van der Waals surface area contributed by atoms with Gasteiger partial charge in [-0.3, -0.25) is 4.90 Å². The number of hydrogen-bond donors (Lipinski definition) is 0. The van der Waals surface area contributed by atoms with Crippen molar-refractivity contribution in [1.82, 2.24) is 4.90 Å². The second-order valence-electron chi connectivity index (χ2n) is 8.33. The lowest BCUT2D eigenvalue weighted by Crippen LogP contribution is -2.52. The van der Waals surface area contributed by atoms with Crippen LogP contribution in [0.3, 0.4) is 0 Å².